The molecule has 6 heteroatoms. The molecule has 6 nitrogen and oxygen atoms in total. The smallest absolute Gasteiger partial charge is 0.311 e. The summed E-state index contributed by atoms with van der Waals surface area (Å²) in [6, 6.07) is 0. The lowest BCUT2D eigenvalue weighted by Crippen LogP contribution is -2.22. The van der Waals surface area contributed by atoms with Crippen molar-refractivity contribution < 1.29 is 9.53 Å². The van der Waals surface area contributed by atoms with E-state index in [1.54, 1.807) is 20.8 Å². The van der Waals surface area contributed by atoms with E-state index in [1.165, 1.54) is 0 Å². The number of ether oxygens (including phenoxy) is 1. The number of nitrogens with zero attached hydrogens (tertiary/aromatic N) is 3. The van der Waals surface area contributed by atoms with Crippen LogP contribution in [0.4, 0.5) is 0 Å². The van der Waals surface area contributed by atoms with Crippen LogP contribution in [-0.2, 0) is 16.1 Å². The molecule has 1 heterocycles. The molecule has 0 aliphatic heterocycles. The van der Waals surface area contributed by atoms with Crippen LogP contribution in [0.5, 0.6) is 0 Å². The monoisotopic (exact) mass is 184 g/mol. The number of H-pyrrole nitrogens is 1. The van der Waals surface area contributed by atoms with Crippen LogP contribution in [0.3, 0.4) is 0 Å². The summed E-state index contributed by atoms with van der Waals surface area (Å²) in [7, 11) is 0. The number of rotatable bonds is 2. The van der Waals surface area contributed by atoms with E-state index in [0.717, 1.165) is 0 Å². The third-order valence-corrected chi connectivity index (χ3v) is 1.33. The normalized spacial score (nSPS) is 11.3. The molecule has 0 saturated carbocycles. The topological polar surface area (TPSA) is 80.8 Å². The number of hydrogen-bond donors (Lipinski definition) is 1. The third-order valence-electron chi connectivity index (χ3n) is 1.33. The van der Waals surface area contributed by atoms with Crippen LogP contribution in [0.15, 0.2) is 0 Å². The van der Waals surface area contributed by atoms with Crippen molar-refractivity contribution in [2.75, 3.05) is 0 Å². The zero-order valence-corrected chi connectivity index (χ0v) is 7.87. The lowest BCUT2D eigenvalue weighted by molar-refractivity contribution is -0.154. The fourth-order valence-electron chi connectivity index (χ4n) is 0.590. The maximum Gasteiger partial charge on any atom is 0.311 e. The number of aromatic amines is 1. The molecule has 0 radical (unpaired) electrons. The highest BCUT2D eigenvalue weighted by molar-refractivity contribution is 5.75. The molecule has 0 spiro atoms. The number of tetrazole rings is 1. The number of carbonyl (C=O) groups is 1. The molecule has 1 N–H and O–H groups in total. The van der Waals surface area contributed by atoms with Gasteiger partial charge in [0.15, 0.2) is 6.61 Å². The van der Waals surface area contributed by atoms with Crippen molar-refractivity contribution in [2.24, 2.45) is 5.41 Å². The summed E-state index contributed by atoms with van der Waals surface area (Å²) in [5.41, 5.74) is -0.496. The molecule has 0 aliphatic rings. The molecular formula is C7H12N4O2. The predicted octanol–water partition coefficient (Wildman–Crippen LogP) is 0.289. The predicted molar refractivity (Wildman–Crippen MR) is 43.4 cm³/mol. The van der Waals surface area contributed by atoms with Crippen LogP contribution in [0.1, 0.15) is 26.6 Å². The van der Waals surface area contributed by atoms with Gasteiger partial charge in [-0.05, 0) is 20.8 Å². The van der Waals surface area contributed by atoms with Crippen LogP contribution in [-0.4, -0.2) is 26.6 Å². The van der Waals surface area contributed by atoms with E-state index >= 15 is 0 Å². The Labute approximate surface area is 75.7 Å². The summed E-state index contributed by atoms with van der Waals surface area (Å²) in [6.45, 7) is 5.41. The minimum absolute atomic E-state index is 0.0621. The second-order valence-electron chi connectivity index (χ2n) is 3.65. The Bertz CT molecular complexity index is 275. The van der Waals surface area contributed by atoms with E-state index in [4.69, 9.17) is 4.74 Å². The third kappa shape index (κ3) is 2.81. The van der Waals surface area contributed by atoms with Crippen molar-refractivity contribution in [3.63, 3.8) is 0 Å². The number of aromatic nitrogens is 4. The molecule has 0 aliphatic carbocycles. The zero-order chi connectivity index (χ0) is 9.90. The van der Waals surface area contributed by atoms with Gasteiger partial charge in [0.25, 0.3) is 0 Å². The lowest BCUT2D eigenvalue weighted by Gasteiger charge is -2.15. The van der Waals surface area contributed by atoms with Crippen LogP contribution < -0.4 is 0 Å². The van der Waals surface area contributed by atoms with Crippen molar-refractivity contribution in [1.82, 2.24) is 20.6 Å². The fraction of sp³-hybridized carbons (Fsp3) is 0.714. The maximum absolute atomic E-state index is 11.3. The molecule has 0 bridgehead atoms. The van der Waals surface area contributed by atoms with Gasteiger partial charge in [0, 0.05) is 0 Å². The molecule has 13 heavy (non-hydrogen) atoms. The molecule has 0 saturated heterocycles. The Morgan fingerprint density at radius 1 is 1.54 bits per heavy atom. The van der Waals surface area contributed by atoms with Gasteiger partial charge in [-0.3, -0.25) is 4.79 Å². The number of esters is 1. The quantitative estimate of drug-likeness (QED) is 0.668. The molecule has 0 unspecified atom stereocenters. The van der Waals surface area contributed by atoms with Gasteiger partial charge in [-0.2, -0.15) is 5.21 Å². The Hall–Kier alpha value is -1.46. The van der Waals surface area contributed by atoms with E-state index in [2.05, 4.69) is 20.6 Å². The summed E-state index contributed by atoms with van der Waals surface area (Å²) in [5.74, 6) is 0.0925. The fourth-order valence-corrected chi connectivity index (χ4v) is 0.590. The molecule has 1 aromatic heterocycles. The zero-order valence-electron chi connectivity index (χ0n) is 7.87. The van der Waals surface area contributed by atoms with Gasteiger partial charge in [-0.15, -0.1) is 10.2 Å². The minimum Gasteiger partial charge on any atom is -0.457 e. The van der Waals surface area contributed by atoms with Crippen molar-refractivity contribution in [2.45, 2.75) is 27.4 Å². The SMILES string of the molecule is CC(C)(C)C(=O)OCc1nn[nH]n1. The highest BCUT2D eigenvalue weighted by Crippen LogP contribution is 2.15. The molecular weight excluding hydrogens is 172 g/mol. The maximum atomic E-state index is 11.3. The standard InChI is InChI=1S/C7H12N4O2/c1-7(2,3)6(12)13-4-5-8-10-11-9-5/h4H2,1-3H3,(H,8,9,10,11). The van der Waals surface area contributed by atoms with Gasteiger partial charge in [0.2, 0.25) is 5.82 Å². The Morgan fingerprint density at radius 3 is 2.69 bits per heavy atom. The number of hydrogen-bond acceptors (Lipinski definition) is 5. The minimum atomic E-state index is -0.496. The van der Waals surface area contributed by atoms with E-state index in [0.29, 0.717) is 5.82 Å². The van der Waals surface area contributed by atoms with Gasteiger partial charge >= 0.3 is 5.97 Å². The first-order chi connectivity index (χ1) is 6.00. The first-order valence-electron chi connectivity index (χ1n) is 3.89. The average Bonchev–Trinajstić information content (AvgIpc) is 2.50. The Balaban J connectivity index is 2.40. The molecule has 0 atom stereocenters. The lowest BCUT2D eigenvalue weighted by atomic mass is 9.97. The van der Waals surface area contributed by atoms with Crippen LogP contribution in [0, 0.1) is 5.41 Å². The van der Waals surface area contributed by atoms with Crippen LogP contribution >= 0.6 is 0 Å². The molecule has 0 amide bonds. The average molecular weight is 184 g/mol. The molecule has 0 fully saturated rings. The molecule has 0 aromatic carbocycles. The van der Waals surface area contributed by atoms with Gasteiger partial charge in [-0.1, -0.05) is 5.21 Å². The van der Waals surface area contributed by atoms with Crippen molar-refractivity contribution in [3.8, 4) is 0 Å². The Morgan fingerprint density at radius 2 is 2.23 bits per heavy atom. The van der Waals surface area contributed by atoms with Crippen LogP contribution in [0.2, 0.25) is 0 Å². The Kier molecular flexibility index (Phi) is 2.60. The van der Waals surface area contributed by atoms with Crippen molar-refractivity contribution in [3.05, 3.63) is 5.82 Å². The van der Waals surface area contributed by atoms with E-state index < -0.39 is 5.41 Å². The van der Waals surface area contributed by atoms with Gasteiger partial charge in [-0.25, -0.2) is 0 Å². The largest absolute Gasteiger partial charge is 0.457 e. The summed E-state index contributed by atoms with van der Waals surface area (Å²) in [6.07, 6.45) is 0. The molecule has 72 valence electrons. The van der Waals surface area contributed by atoms with Crippen LogP contribution in [0.25, 0.3) is 0 Å². The highest BCUT2D eigenvalue weighted by Gasteiger charge is 2.23. The van der Waals surface area contributed by atoms with Crippen molar-refractivity contribution in [1.29, 1.82) is 0 Å². The second-order valence-corrected chi connectivity index (χ2v) is 3.65. The van der Waals surface area contributed by atoms with Crippen molar-refractivity contribution >= 4 is 5.97 Å². The number of carbonyl (C=O) groups excluding carboxylic acids is 1. The first kappa shape index (κ1) is 9.63. The summed E-state index contributed by atoms with van der Waals surface area (Å²) < 4.78 is 4.93. The van der Waals surface area contributed by atoms with E-state index in [9.17, 15) is 4.79 Å². The summed E-state index contributed by atoms with van der Waals surface area (Å²) >= 11 is 0. The van der Waals surface area contributed by atoms with Gasteiger partial charge in [0.05, 0.1) is 5.41 Å². The molecule has 1 aromatic rings. The van der Waals surface area contributed by atoms with E-state index in [1.807, 2.05) is 0 Å². The van der Waals surface area contributed by atoms with E-state index in [-0.39, 0.29) is 12.6 Å². The first-order valence-corrected chi connectivity index (χ1v) is 3.89. The summed E-state index contributed by atoms with van der Waals surface area (Å²) in [5, 5.41) is 12.9. The summed E-state index contributed by atoms with van der Waals surface area (Å²) in [4.78, 5) is 11.3. The van der Waals surface area contributed by atoms with Gasteiger partial charge in [0.1, 0.15) is 0 Å². The second kappa shape index (κ2) is 3.51. The number of nitrogens with one attached hydrogen (secondary N) is 1. The molecule has 1 rings (SSSR count). The van der Waals surface area contributed by atoms with Gasteiger partial charge < -0.3 is 4.74 Å². The highest BCUT2D eigenvalue weighted by atomic mass is 16.5.